The van der Waals surface area contributed by atoms with Crippen LogP contribution in [0, 0.1) is 6.92 Å². The number of likely N-dealkylation sites (N-methyl/N-ethyl adjacent to an activating group) is 1. The zero-order valence-electron chi connectivity index (χ0n) is 16.5. The monoisotopic (exact) mass is 472 g/mol. The number of rotatable bonds is 9. The van der Waals surface area contributed by atoms with Crippen molar-refractivity contribution >= 4 is 41.0 Å². The molecule has 0 aliphatic heterocycles. The highest BCUT2D eigenvalue weighted by molar-refractivity contribution is 14.0. The second-order valence-electron chi connectivity index (χ2n) is 6.24. The summed E-state index contributed by atoms with van der Waals surface area (Å²) in [5.74, 6) is 1.97. The number of benzene rings is 1. The van der Waals surface area contributed by atoms with Crippen LogP contribution in [0.25, 0.3) is 11.0 Å². The Balaban J connectivity index is 0.00000338. The maximum atomic E-state index is 4.69. The standard InChI is InChI=1S/C19H32N6.HI/c1-5-20-19(22-13-15-24(4)6-2)21-12-9-14-25-16(3)23-17-10-7-8-11-18(17)25;/h7-8,10-11H,5-6,9,12-15H2,1-4H3,(H2,20,21,22);1H. The van der Waals surface area contributed by atoms with E-state index in [9.17, 15) is 0 Å². The number of hydrogen-bond donors (Lipinski definition) is 2. The first-order valence-corrected chi connectivity index (χ1v) is 9.28. The van der Waals surface area contributed by atoms with Crippen molar-refractivity contribution in [2.45, 2.75) is 33.7 Å². The molecule has 0 fully saturated rings. The fourth-order valence-corrected chi connectivity index (χ4v) is 2.76. The number of guanidine groups is 1. The first-order chi connectivity index (χ1) is 12.2. The van der Waals surface area contributed by atoms with Gasteiger partial charge < -0.3 is 20.1 Å². The molecule has 7 heteroatoms. The summed E-state index contributed by atoms with van der Waals surface area (Å²) in [6, 6.07) is 8.30. The summed E-state index contributed by atoms with van der Waals surface area (Å²) in [5.41, 5.74) is 2.27. The van der Waals surface area contributed by atoms with Crippen LogP contribution in [0.1, 0.15) is 26.1 Å². The van der Waals surface area contributed by atoms with Gasteiger partial charge in [0.2, 0.25) is 0 Å². The molecular formula is C19H33IN6. The summed E-state index contributed by atoms with van der Waals surface area (Å²) >= 11 is 0. The molecule has 0 spiro atoms. The molecule has 2 N–H and O–H groups in total. The summed E-state index contributed by atoms with van der Waals surface area (Å²) < 4.78 is 2.28. The van der Waals surface area contributed by atoms with Gasteiger partial charge in [0.25, 0.3) is 0 Å². The Morgan fingerprint density at radius 3 is 2.73 bits per heavy atom. The third kappa shape index (κ3) is 6.75. The number of hydrogen-bond acceptors (Lipinski definition) is 3. The van der Waals surface area contributed by atoms with Crippen molar-refractivity contribution in [2.75, 3.05) is 39.8 Å². The third-order valence-electron chi connectivity index (χ3n) is 4.33. The van der Waals surface area contributed by atoms with Gasteiger partial charge in [0, 0.05) is 32.7 Å². The fourth-order valence-electron chi connectivity index (χ4n) is 2.76. The average Bonchev–Trinajstić information content (AvgIpc) is 2.93. The van der Waals surface area contributed by atoms with Gasteiger partial charge in [-0.25, -0.2) is 4.98 Å². The molecule has 6 nitrogen and oxygen atoms in total. The van der Waals surface area contributed by atoms with E-state index in [4.69, 9.17) is 0 Å². The highest BCUT2D eigenvalue weighted by atomic mass is 127. The molecular weight excluding hydrogens is 439 g/mol. The van der Waals surface area contributed by atoms with Gasteiger partial charge in [-0.1, -0.05) is 19.1 Å². The van der Waals surface area contributed by atoms with E-state index >= 15 is 0 Å². The van der Waals surface area contributed by atoms with E-state index in [0.29, 0.717) is 0 Å². The molecule has 0 atom stereocenters. The van der Waals surface area contributed by atoms with Gasteiger partial charge in [0.15, 0.2) is 5.96 Å². The van der Waals surface area contributed by atoms with Crippen molar-refractivity contribution in [3.8, 4) is 0 Å². The lowest BCUT2D eigenvalue weighted by atomic mass is 10.3. The number of nitrogens with zero attached hydrogens (tertiary/aromatic N) is 4. The summed E-state index contributed by atoms with van der Waals surface area (Å²) in [5, 5.41) is 6.71. The Morgan fingerprint density at radius 2 is 2.00 bits per heavy atom. The second kappa shape index (κ2) is 12.1. The average molecular weight is 472 g/mol. The first-order valence-electron chi connectivity index (χ1n) is 9.28. The van der Waals surface area contributed by atoms with E-state index < -0.39 is 0 Å². The molecule has 0 radical (unpaired) electrons. The van der Waals surface area contributed by atoms with Gasteiger partial charge >= 0.3 is 0 Å². The van der Waals surface area contributed by atoms with E-state index in [-0.39, 0.29) is 24.0 Å². The number of nitrogens with one attached hydrogen (secondary N) is 2. The van der Waals surface area contributed by atoms with Crippen LogP contribution in [0.3, 0.4) is 0 Å². The molecule has 0 saturated carbocycles. The Hall–Kier alpha value is -1.35. The number of aryl methyl sites for hydroxylation is 2. The maximum Gasteiger partial charge on any atom is 0.191 e. The van der Waals surface area contributed by atoms with Crippen LogP contribution >= 0.6 is 24.0 Å². The van der Waals surface area contributed by atoms with E-state index in [0.717, 1.165) is 63.0 Å². The predicted octanol–water partition coefficient (Wildman–Crippen LogP) is 2.86. The highest BCUT2D eigenvalue weighted by Gasteiger charge is 2.06. The van der Waals surface area contributed by atoms with E-state index in [2.05, 4.69) is 76.1 Å². The number of para-hydroxylation sites is 2. The normalized spacial score (nSPS) is 11.7. The maximum absolute atomic E-state index is 4.69. The van der Waals surface area contributed by atoms with Crippen LogP contribution in [0.15, 0.2) is 29.3 Å². The summed E-state index contributed by atoms with van der Waals surface area (Å²) in [7, 11) is 2.13. The molecule has 1 heterocycles. The minimum absolute atomic E-state index is 0. The number of aromatic nitrogens is 2. The Bertz CT molecular complexity index is 682. The molecule has 0 bridgehead atoms. The number of aliphatic imine (C=N–C) groups is 1. The van der Waals surface area contributed by atoms with Crippen LogP contribution in [0.5, 0.6) is 0 Å². The Kier molecular flexibility index (Phi) is 10.6. The third-order valence-corrected chi connectivity index (χ3v) is 4.33. The van der Waals surface area contributed by atoms with E-state index in [1.54, 1.807) is 0 Å². The number of imidazole rings is 1. The predicted molar refractivity (Wildman–Crippen MR) is 122 cm³/mol. The van der Waals surface area contributed by atoms with Crippen LogP contribution in [0.4, 0.5) is 0 Å². The van der Waals surface area contributed by atoms with Crippen LogP contribution < -0.4 is 10.6 Å². The van der Waals surface area contributed by atoms with Crippen molar-refractivity contribution in [3.63, 3.8) is 0 Å². The molecule has 1 aromatic heterocycles. The zero-order valence-corrected chi connectivity index (χ0v) is 18.8. The molecule has 26 heavy (non-hydrogen) atoms. The van der Waals surface area contributed by atoms with Gasteiger partial charge in [-0.05, 0) is 46.0 Å². The second-order valence-corrected chi connectivity index (χ2v) is 6.24. The molecule has 0 aliphatic carbocycles. The lowest BCUT2D eigenvalue weighted by molar-refractivity contribution is 0.357. The molecule has 146 valence electrons. The van der Waals surface area contributed by atoms with Gasteiger partial charge in [-0.15, -0.1) is 24.0 Å². The summed E-state index contributed by atoms with van der Waals surface area (Å²) in [4.78, 5) is 11.6. The first kappa shape index (κ1) is 22.7. The minimum atomic E-state index is 0. The van der Waals surface area contributed by atoms with E-state index in [1.807, 2.05) is 6.07 Å². The summed E-state index contributed by atoms with van der Waals surface area (Å²) in [6.07, 6.45) is 0.993. The van der Waals surface area contributed by atoms with Crippen molar-refractivity contribution in [1.29, 1.82) is 0 Å². The molecule has 2 aromatic rings. The van der Waals surface area contributed by atoms with Crippen LogP contribution in [0.2, 0.25) is 0 Å². The van der Waals surface area contributed by atoms with Gasteiger partial charge in [0.05, 0.1) is 11.0 Å². The van der Waals surface area contributed by atoms with Crippen LogP contribution in [-0.4, -0.2) is 60.2 Å². The van der Waals surface area contributed by atoms with E-state index in [1.165, 1.54) is 5.52 Å². The number of fused-ring (bicyclic) bond motifs is 1. The molecule has 0 amide bonds. The minimum Gasteiger partial charge on any atom is -0.357 e. The topological polar surface area (TPSA) is 57.5 Å². The van der Waals surface area contributed by atoms with Crippen molar-refractivity contribution in [1.82, 2.24) is 25.1 Å². The molecule has 0 aliphatic rings. The molecule has 2 rings (SSSR count). The molecule has 0 unspecified atom stereocenters. The SMILES string of the molecule is CCNC(=NCCCn1c(C)nc2ccccc21)NCCN(C)CC.I. The quantitative estimate of drug-likeness (QED) is 0.255. The molecule has 0 saturated heterocycles. The number of halogens is 1. The Labute approximate surface area is 174 Å². The largest absolute Gasteiger partial charge is 0.357 e. The van der Waals surface area contributed by atoms with Gasteiger partial charge in [-0.3, -0.25) is 4.99 Å². The van der Waals surface area contributed by atoms with Gasteiger partial charge in [0.1, 0.15) is 5.82 Å². The van der Waals surface area contributed by atoms with Crippen molar-refractivity contribution in [3.05, 3.63) is 30.1 Å². The van der Waals surface area contributed by atoms with Crippen molar-refractivity contribution < 1.29 is 0 Å². The highest BCUT2D eigenvalue weighted by Crippen LogP contribution is 2.15. The van der Waals surface area contributed by atoms with Gasteiger partial charge in [-0.2, -0.15) is 0 Å². The zero-order chi connectivity index (χ0) is 18.1. The lowest BCUT2D eigenvalue weighted by Gasteiger charge is -2.16. The van der Waals surface area contributed by atoms with Crippen LogP contribution in [-0.2, 0) is 6.54 Å². The summed E-state index contributed by atoms with van der Waals surface area (Å²) in [6.45, 7) is 11.9. The Morgan fingerprint density at radius 1 is 1.23 bits per heavy atom. The van der Waals surface area contributed by atoms with Crippen molar-refractivity contribution in [2.24, 2.45) is 4.99 Å². The lowest BCUT2D eigenvalue weighted by Crippen LogP contribution is -2.41. The smallest absolute Gasteiger partial charge is 0.191 e. The molecule has 1 aromatic carbocycles. The fraction of sp³-hybridized carbons (Fsp3) is 0.579.